The van der Waals surface area contributed by atoms with Crippen molar-refractivity contribution in [3.63, 3.8) is 0 Å². The Labute approximate surface area is 136 Å². The first-order valence-electron chi connectivity index (χ1n) is 7.01. The van der Waals surface area contributed by atoms with Crippen LogP contribution in [-0.2, 0) is 14.3 Å². The van der Waals surface area contributed by atoms with E-state index in [4.69, 9.17) is 4.74 Å². The normalized spacial score (nSPS) is 10.2. The molecule has 0 fully saturated rings. The van der Waals surface area contributed by atoms with Gasteiger partial charge in [0, 0.05) is 10.8 Å². The summed E-state index contributed by atoms with van der Waals surface area (Å²) in [5, 5.41) is 22.5. The van der Waals surface area contributed by atoms with Gasteiger partial charge in [0.1, 0.15) is 17.1 Å². The van der Waals surface area contributed by atoms with E-state index in [2.05, 4.69) is 4.74 Å². The molecule has 0 radical (unpaired) electrons. The van der Waals surface area contributed by atoms with Gasteiger partial charge in [0.25, 0.3) is 5.91 Å². The van der Waals surface area contributed by atoms with Gasteiger partial charge in [-0.3, -0.25) is 10.1 Å². The molecule has 0 atom stereocenters. The molecule has 8 nitrogen and oxygen atoms in total. The van der Waals surface area contributed by atoms with E-state index in [-0.39, 0.29) is 29.1 Å². The Morgan fingerprint density at radius 1 is 1.08 bits per heavy atom. The van der Waals surface area contributed by atoms with Crippen LogP contribution in [0, 0.1) is 0 Å². The Bertz CT molecular complexity index is 800. The van der Waals surface area contributed by atoms with Crippen LogP contribution in [0.1, 0.15) is 17.3 Å². The van der Waals surface area contributed by atoms with Crippen molar-refractivity contribution in [2.75, 3.05) is 13.2 Å². The summed E-state index contributed by atoms with van der Waals surface area (Å²) in [6.45, 7) is 0.910. The number of amides is 2. The van der Waals surface area contributed by atoms with E-state index in [0.717, 1.165) is 6.07 Å². The van der Waals surface area contributed by atoms with Crippen molar-refractivity contribution in [3.8, 4) is 11.5 Å². The van der Waals surface area contributed by atoms with Gasteiger partial charge in [0.15, 0.2) is 6.61 Å². The van der Waals surface area contributed by atoms with Gasteiger partial charge in [0.05, 0.1) is 6.61 Å². The SMILES string of the molecule is CCOC(=O)NC(=O)COC(=O)c1cc(O)c2ccccc2c1O. The summed E-state index contributed by atoms with van der Waals surface area (Å²) in [5.74, 6) is -2.50. The molecule has 3 N–H and O–H groups in total. The van der Waals surface area contributed by atoms with Crippen LogP contribution in [0.4, 0.5) is 4.79 Å². The van der Waals surface area contributed by atoms with Crippen LogP contribution in [0.3, 0.4) is 0 Å². The second kappa shape index (κ2) is 7.32. The van der Waals surface area contributed by atoms with Gasteiger partial charge in [-0.1, -0.05) is 24.3 Å². The number of phenolic OH excluding ortho intramolecular Hbond substituents is 2. The van der Waals surface area contributed by atoms with Crippen LogP contribution in [0.15, 0.2) is 30.3 Å². The lowest BCUT2D eigenvalue weighted by atomic mass is 10.0. The van der Waals surface area contributed by atoms with Crippen molar-refractivity contribution in [1.82, 2.24) is 5.32 Å². The fourth-order valence-corrected chi connectivity index (χ4v) is 2.02. The molecule has 0 bridgehead atoms. The number of esters is 1. The molecular formula is C16H15NO7. The molecule has 2 aromatic rings. The second-order valence-electron chi connectivity index (χ2n) is 4.68. The van der Waals surface area contributed by atoms with Gasteiger partial charge in [-0.15, -0.1) is 0 Å². The zero-order valence-corrected chi connectivity index (χ0v) is 12.7. The van der Waals surface area contributed by atoms with Crippen LogP contribution < -0.4 is 5.32 Å². The number of aromatic hydroxyl groups is 2. The first-order valence-corrected chi connectivity index (χ1v) is 7.01. The van der Waals surface area contributed by atoms with Crippen molar-refractivity contribution in [2.45, 2.75) is 6.92 Å². The lowest BCUT2D eigenvalue weighted by Gasteiger charge is -2.10. The lowest BCUT2D eigenvalue weighted by molar-refractivity contribution is -0.123. The molecule has 126 valence electrons. The number of fused-ring (bicyclic) bond motifs is 1. The van der Waals surface area contributed by atoms with Crippen LogP contribution in [0.5, 0.6) is 11.5 Å². The molecule has 2 rings (SSSR count). The monoisotopic (exact) mass is 333 g/mol. The van der Waals surface area contributed by atoms with Crippen LogP contribution in [0.25, 0.3) is 10.8 Å². The quantitative estimate of drug-likeness (QED) is 0.574. The molecule has 0 spiro atoms. The maximum absolute atomic E-state index is 12.0. The minimum atomic E-state index is -1.02. The third-order valence-corrected chi connectivity index (χ3v) is 3.07. The highest BCUT2D eigenvalue weighted by Gasteiger charge is 2.19. The van der Waals surface area contributed by atoms with E-state index in [9.17, 15) is 24.6 Å². The molecule has 0 aliphatic heterocycles. The number of rotatable bonds is 4. The van der Waals surface area contributed by atoms with Gasteiger partial charge in [-0.25, -0.2) is 9.59 Å². The van der Waals surface area contributed by atoms with E-state index < -0.39 is 24.6 Å². The summed E-state index contributed by atoms with van der Waals surface area (Å²) in [5.41, 5.74) is -0.296. The number of carbonyl (C=O) groups is 3. The van der Waals surface area contributed by atoms with E-state index >= 15 is 0 Å². The van der Waals surface area contributed by atoms with Crippen LogP contribution in [-0.4, -0.2) is 41.4 Å². The smallest absolute Gasteiger partial charge is 0.413 e. The molecule has 0 aromatic heterocycles. The van der Waals surface area contributed by atoms with Gasteiger partial charge >= 0.3 is 12.1 Å². The maximum atomic E-state index is 12.0. The summed E-state index contributed by atoms with van der Waals surface area (Å²) in [7, 11) is 0. The van der Waals surface area contributed by atoms with Crippen molar-refractivity contribution in [2.24, 2.45) is 0 Å². The molecule has 0 saturated carbocycles. The number of alkyl carbamates (subject to hydrolysis) is 1. The van der Waals surface area contributed by atoms with Crippen LogP contribution >= 0.6 is 0 Å². The number of phenols is 2. The Kier molecular flexibility index (Phi) is 5.20. The molecule has 0 saturated heterocycles. The van der Waals surface area contributed by atoms with E-state index in [0.29, 0.717) is 5.39 Å². The number of carbonyl (C=O) groups excluding carboxylic acids is 3. The average molecular weight is 333 g/mol. The highest BCUT2D eigenvalue weighted by molar-refractivity contribution is 6.04. The summed E-state index contributed by atoms with van der Waals surface area (Å²) in [4.78, 5) is 34.5. The average Bonchev–Trinajstić information content (AvgIpc) is 2.56. The van der Waals surface area contributed by atoms with E-state index in [1.54, 1.807) is 25.1 Å². The van der Waals surface area contributed by atoms with E-state index in [1.807, 2.05) is 5.32 Å². The van der Waals surface area contributed by atoms with Crippen molar-refractivity contribution in [1.29, 1.82) is 0 Å². The van der Waals surface area contributed by atoms with Gasteiger partial charge in [-0.05, 0) is 13.0 Å². The molecule has 0 heterocycles. The summed E-state index contributed by atoms with van der Waals surface area (Å²) in [6.07, 6.45) is -0.954. The highest BCUT2D eigenvalue weighted by atomic mass is 16.6. The zero-order chi connectivity index (χ0) is 17.7. The topological polar surface area (TPSA) is 122 Å². The Morgan fingerprint density at radius 3 is 2.42 bits per heavy atom. The van der Waals surface area contributed by atoms with E-state index in [1.165, 1.54) is 6.07 Å². The Morgan fingerprint density at radius 2 is 1.75 bits per heavy atom. The fraction of sp³-hybridized carbons (Fsp3) is 0.188. The molecule has 8 heteroatoms. The first-order chi connectivity index (χ1) is 11.4. The Hall–Kier alpha value is -3.29. The summed E-state index contributed by atoms with van der Waals surface area (Å²) < 4.78 is 9.23. The fourth-order valence-electron chi connectivity index (χ4n) is 2.02. The molecular weight excluding hydrogens is 318 g/mol. The minimum absolute atomic E-state index is 0.0864. The number of hydrogen-bond acceptors (Lipinski definition) is 7. The number of nitrogens with one attached hydrogen (secondary N) is 1. The molecule has 2 aromatic carbocycles. The molecule has 0 aliphatic carbocycles. The van der Waals surface area contributed by atoms with Gasteiger partial charge in [-0.2, -0.15) is 0 Å². The molecule has 0 aliphatic rings. The maximum Gasteiger partial charge on any atom is 0.413 e. The molecule has 24 heavy (non-hydrogen) atoms. The predicted molar refractivity (Wildman–Crippen MR) is 82.7 cm³/mol. The predicted octanol–water partition coefficient (Wildman–Crippen LogP) is 1.68. The molecule has 2 amide bonds. The second-order valence-corrected chi connectivity index (χ2v) is 4.68. The number of ether oxygens (including phenoxy) is 2. The third-order valence-electron chi connectivity index (χ3n) is 3.07. The minimum Gasteiger partial charge on any atom is -0.507 e. The third kappa shape index (κ3) is 3.72. The lowest BCUT2D eigenvalue weighted by Crippen LogP contribution is -2.34. The summed E-state index contributed by atoms with van der Waals surface area (Å²) >= 11 is 0. The standard InChI is InChI=1S/C16H15NO7/c1-2-23-16(22)17-13(19)8-24-15(21)11-7-12(18)9-5-3-4-6-10(9)14(11)20/h3-7,18,20H,2,8H2,1H3,(H,17,19,22). The van der Waals surface area contributed by atoms with Crippen molar-refractivity contribution >= 4 is 28.7 Å². The van der Waals surface area contributed by atoms with Gasteiger partial charge in [0.2, 0.25) is 0 Å². The van der Waals surface area contributed by atoms with Crippen molar-refractivity contribution in [3.05, 3.63) is 35.9 Å². The first kappa shape index (κ1) is 17.1. The zero-order valence-electron chi connectivity index (χ0n) is 12.7. The van der Waals surface area contributed by atoms with Gasteiger partial charge < -0.3 is 19.7 Å². The van der Waals surface area contributed by atoms with Crippen LogP contribution in [0.2, 0.25) is 0 Å². The number of imide groups is 1. The number of hydrogen-bond donors (Lipinski definition) is 3. The highest BCUT2D eigenvalue weighted by Crippen LogP contribution is 2.35. The van der Waals surface area contributed by atoms with Crippen molar-refractivity contribution < 1.29 is 34.1 Å². The number of benzene rings is 2. The largest absolute Gasteiger partial charge is 0.507 e. The summed E-state index contributed by atoms with van der Waals surface area (Å²) in [6, 6.07) is 7.44. The Balaban J connectivity index is 2.10. The molecule has 0 unspecified atom stereocenters.